The van der Waals surface area contributed by atoms with Crippen LogP contribution >= 0.6 is 0 Å². The molecular formula is C20H32N4O2. The maximum Gasteiger partial charge on any atom is 0.321 e. The molecule has 6 heteroatoms. The Morgan fingerprint density at radius 3 is 2.77 bits per heavy atom. The molecule has 6 nitrogen and oxygen atoms in total. The third kappa shape index (κ3) is 4.89. The zero-order chi connectivity index (χ0) is 18.6. The van der Waals surface area contributed by atoms with E-state index in [0.29, 0.717) is 12.5 Å². The molecule has 0 radical (unpaired) electrons. The van der Waals surface area contributed by atoms with E-state index in [9.17, 15) is 4.79 Å². The SMILES string of the molecule is CC(C)COc1cccc(NC(=O)N2CCC3(CC2)CN(C)CCN3)c1. The number of hydrogen-bond acceptors (Lipinski definition) is 4. The first-order valence-corrected chi connectivity index (χ1v) is 9.68. The molecule has 0 aromatic heterocycles. The molecule has 3 rings (SSSR count). The number of ether oxygens (including phenoxy) is 1. The molecule has 1 aromatic carbocycles. The number of piperidine rings is 1. The Bertz CT molecular complexity index is 612. The van der Waals surface area contributed by atoms with Gasteiger partial charge in [-0.2, -0.15) is 0 Å². The van der Waals surface area contributed by atoms with E-state index in [1.165, 1.54) is 0 Å². The number of amides is 2. The topological polar surface area (TPSA) is 56.8 Å². The highest BCUT2D eigenvalue weighted by Crippen LogP contribution is 2.26. The lowest BCUT2D eigenvalue weighted by molar-refractivity contribution is 0.0907. The quantitative estimate of drug-likeness (QED) is 0.867. The number of likely N-dealkylation sites (N-methyl/N-ethyl adjacent to an activating group) is 1. The van der Waals surface area contributed by atoms with Crippen molar-refractivity contribution in [2.75, 3.05) is 51.7 Å². The molecule has 2 aliphatic heterocycles. The Labute approximate surface area is 156 Å². The van der Waals surface area contributed by atoms with E-state index in [0.717, 1.165) is 57.0 Å². The van der Waals surface area contributed by atoms with E-state index >= 15 is 0 Å². The standard InChI is InChI=1S/C20H32N4O2/c1-16(2)14-26-18-6-4-5-17(13-18)22-19(25)24-10-7-20(8-11-24)15-23(3)12-9-21-20/h4-6,13,16,21H,7-12,14-15H2,1-3H3,(H,22,25). The van der Waals surface area contributed by atoms with Crippen LogP contribution < -0.4 is 15.4 Å². The highest BCUT2D eigenvalue weighted by atomic mass is 16.5. The predicted molar refractivity (Wildman–Crippen MR) is 105 cm³/mol. The Morgan fingerprint density at radius 2 is 2.08 bits per heavy atom. The fourth-order valence-corrected chi connectivity index (χ4v) is 3.77. The van der Waals surface area contributed by atoms with Crippen LogP contribution in [0.25, 0.3) is 0 Å². The fraction of sp³-hybridized carbons (Fsp3) is 0.650. The average Bonchev–Trinajstić information content (AvgIpc) is 2.61. The lowest BCUT2D eigenvalue weighted by Crippen LogP contribution is -2.63. The molecule has 0 unspecified atom stereocenters. The number of hydrogen-bond donors (Lipinski definition) is 2. The lowest BCUT2D eigenvalue weighted by Gasteiger charge is -2.47. The second-order valence-electron chi connectivity index (χ2n) is 8.09. The molecule has 2 aliphatic rings. The largest absolute Gasteiger partial charge is 0.493 e. The van der Waals surface area contributed by atoms with Crippen LogP contribution in [0.3, 0.4) is 0 Å². The Balaban J connectivity index is 1.52. The van der Waals surface area contributed by atoms with Gasteiger partial charge >= 0.3 is 6.03 Å². The molecule has 2 fully saturated rings. The number of rotatable bonds is 4. The number of anilines is 1. The van der Waals surface area contributed by atoms with Crippen molar-refractivity contribution in [2.45, 2.75) is 32.2 Å². The van der Waals surface area contributed by atoms with Crippen LogP contribution in [0.1, 0.15) is 26.7 Å². The summed E-state index contributed by atoms with van der Waals surface area (Å²) >= 11 is 0. The van der Waals surface area contributed by atoms with E-state index in [1.807, 2.05) is 29.2 Å². The third-order valence-electron chi connectivity index (χ3n) is 5.24. The second-order valence-corrected chi connectivity index (χ2v) is 8.09. The van der Waals surface area contributed by atoms with Crippen LogP contribution in [0.2, 0.25) is 0 Å². The molecule has 2 amide bonds. The number of nitrogens with zero attached hydrogens (tertiary/aromatic N) is 2. The van der Waals surface area contributed by atoms with Crippen molar-refractivity contribution in [3.63, 3.8) is 0 Å². The Morgan fingerprint density at radius 1 is 1.31 bits per heavy atom. The maximum atomic E-state index is 12.6. The number of piperazine rings is 1. The maximum absolute atomic E-state index is 12.6. The molecular weight excluding hydrogens is 328 g/mol. The van der Waals surface area contributed by atoms with Gasteiger partial charge < -0.3 is 25.2 Å². The summed E-state index contributed by atoms with van der Waals surface area (Å²) in [4.78, 5) is 16.9. The molecule has 1 spiro atoms. The van der Waals surface area contributed by atoms with Gasteiger partial charge in [-0.05, 0) is 37.9 Å². The average molecular weight is 361 g/mol. The van der Waals surface area contributed by atoms with Crippen LogP contribution in [-0.4, -0.2) is 67.7 Å². The van der Waals surface area contributed by atoms with E-state index in [1.54, 1.807) is 0 Å². The molecule has 0 aliphatic carbocycles. The summed E-state index contributed by atoms with van der Waals surface area (Å²) in [6.07, 6.45) is 2.00. The van der Waals surface area contributed by atoms with Crippen LogP contribution in [-0.2, 0) is 0 Å². The molecule has 2 heterocycles. The number of carbonyl (C=O) groups excluding carboxylic acids is 1. The highest BCUT2D eigenvalue weighted by molar-refractivity contribution is 5.89. The monoisotopic (exact) mass is 360 g/mol. The molecule has 2 saturated heterocycles. The molecule has 0 bridgehead atoms. The minimum absolute atomic E-state index is 0.0231. The Hall–Kier alpha value is -1.79. The minimum atomic E-state index is -0.0231. The van der Waals surface area contributed by atoms with Crippen molar-refractivity contribution in [1.82, 2.24) is 15.1 Å². The van der Waals surface area contributed by atoms with Gasteiger partial charge in [0.2, 0.25) is 0 Å². The molecule has 0 saturated carbocycles. The fourth-order valence-electron chi connectivity index (χ4n) is 3.77. The van der Waals surface area contributed by atoms with Crippen LogP contribution in [0.4, 0.5) is 10.5 Å². The van der Waals surface area contributed by atoms with Crippen molar-refractivity contribution < 1.29 is 9.53 Å². The molecule has 1 aromatic rings. The van der Waals surface area contributed by atoms with E-state index in [-0.39, 0.29) is 11.6 Å². The summed E-state index contributed by atoms with van der Waals surface area (Å²) in [7, 11) is 2.18. The first-order chi connectivity index (χ1) is 12.5. The summed E-state index contributed by atoms with van der Waals surface area (Å²) in [5.41, 5.74) is 0.959. The number of urea groups is 1. The van der Waals surface area contributed by atoms with Gasteiger partial charge in [-0.3, -0.25) is 0 Å². The zero-order valence-electron chi connectivity index (χ0n) is 16.3. The van der Waals surface area contributed by atoms with Crippen molar-refractivity contribution >= 4 is 11.7 Å². The van der Waals surface area contributed by atoms with Crippen molar-refractivity contribution in [1.29, 1.82) is 0 Å². The van der Waals surface area contributed by atoms with Gasteiger partial charge in [0.25, 0.3) is 0 Å². The first-order valence-electron chi connectivity index (χ1n) is 9.68. The van der Waals surface area contributed by atoms with Gasteiger partial charge in [0.15, 0.2) is 0 Å². The van der Waals surface area contributed by atoms with Gasteiger partial charge in [-0.1, -0.05) is 19.9 Å². The van der Waals surface area contributed by atoms with E-state index in [2.05, 4.69) is 36.4 Å². The summed E-state index contributed by atoms with van der Waals surface area (Å²) < 4.78 is 5.74. The highest BCUT2D eigenvalue weighted by Gasteiger charge is 2.38. The van der Waals surface area contributed by atoms with Gasteiger partial charge in [-0.15, -0.1) is 0 Å². The lowest BCUT2D eigenvalue weighted by atomic mass is 9.85. The van der Waals surface area contributed by atoms with Gasteiger partial charge in [0.1, 0.15) is 5.75 Å². The predicted octanol–water partition coefficient (Wildman–Crippen LogP) is 2.62. The van der Waals surface area contributed by atoms with Gasteiger partial charge in [0.05, 0.1) is 6.61 Å². The number of benzene rings is 1. The van der Waals surface area contributed by atoms with Gasteiger partial charge in [0, 0.05) is 50.0 Å². The summed E-state index contributed by atoms with van der Waals surface area (Å²) in [6.45, 7) is 9.69. The van der Waals surface area contributed by atoms with E-state index < -0.39 is 0 Å². The minimum Gasteiger partial charge on any atom is -0.493 e. The Kier molecular flexibility index (Phi) is 6.04. The van der Waals surface area contributed by atoms with E-state index in [4.69, 9.17) is 4.74 Å². The van der Waals surface area contributed by atoms with Crippen LogP contribution in [0.15, 0.2) is 24.3 Å². The smallest absolute Gasteiger partial charge is 0.321 e. The van der Waals surface area contributed by atoms with Crippen molar-refractivity contribution in [3.8, 4) is 5.75 Å². The third-order valence-corrected chi connectivity index (χ3v) is 5.24. The molecule has 144 valence electrons. The summed E-state index contributed by atoms with van der Waals surface area (Å²) in [6, 6.07) is 7.61. The molecule has 26 heavy (non-hydrogen) atoms. The number of nitrogens with one attached hydrogen (secondary N) is 2. The number of likely N-dealkylation sites (tertiary alicyclic amines) is 1. The van der Waals surface area contributed by atoms with Crippen molar-refractivity contribution in [3.05, 3.63) is 24.3 Å². The first kappa shape index (κ1) is 19.0. The number of carbonyl (C=O) groups is 1. The normalized spacial score (nSPS) is 20.4. The second kappa shape index (κ2) is 8.27. The molecule has 0 atom stereocenters. The van der Waals surface area contributed by atoms with Crippen LogP contribution in [0, 0.1) is 5.92 Å². The zero-order valence-corrected chi connectivity index (χ0v) is 16.3. The van der Waals surface area contributed by atoms with Crippen molar-refractivity contribution in [2.24, 2.45) is 5.92 Å². The van der Waals surface area contributed by atoms with Crippen LogP contribution in [0.5, 0.6) is 5.75 Å². The van der Waals surface area contributed by atoms with Gasteiger partial charge in [-0.25, -0.2) is 4.79 Å². The summed E-state index contributed by atoms with van der Waals surface area (Å²) in [5.74, 6) is 1.27. The molecule has 2 N–H and O–H groups in total. The summed E-state index contributed by atoms with van der Waals surface area (Å²) in [5, 5.41) is 6.70.